The fraction of sp³-hybridized carbons (Fsp3) is 0.619. The van der Waals surface area contributed by atoms with Crippen molar-refractivity contribution in [2.45, 2.75) is 39.5 Å². The first-order valence-corrected chi connectivity index (χ1v) is 10.1. The third-order valence-electron chi connectivity index (χ3n) is 5.29. The molecule has 0 saturated carbocycles. The molecule has 5 nitrogen and oxygen atoms in total. The monoisotopic (exact) mass is 377 g/mol. The van der Waals surface area contributed by atoms with Gasteiger partial charge in [0.2, 0.25) is 11.8 Å². The SMILES string of the molecule is CCN(CC)CCC(=O)N1CCN(C(=O)CCCc2ccc(F)cc2)CC1. The van der Waals surface area contributed by atoms with Crippen LogP contribution in [0, 0.1) is 5.82 Å². The Hall–Kier alpha value is -1.95. The van der Waals surface area contributed by atoms with E-state index < -0.39 is 0 Å². The molecule has 1 aromatic rings. The Kier molecular flexibility index (Phi) is 8.72. The molecule has 0 aromatic heterocycles. The molecule has 1 saturated heterocycles. The van der Waals surface area contributed by atoms with E-state index in [1.54, 1.807) is 12.1 Å². The average molecular weight is 378 g/mol. The van der Waals surface area contributed by atoms with Crippen LogP contribution in [0.25, 0.3) is 0 Å². The highest BCUT2D eigenvalue weighted by Gasteiger charge is 2.23. The summed E-state index contributed by atoms with van der Waals surface area (Å²) in [6, 6.07) is 6.44. The van der Waals surface area contributed by atoms with Crippen molar-refractivity contribution >= 4 is 11.8 Å². The number of hydrogen-bond donors (Lipinski definition) is 0. The topological polar surface area (TPSA) is 43.9 Å². The van der Waals surface area contributed by atoms with E-state index in [0.29, 0.717) is 39.0 Å². The molecule has 0 radical (unpaired) electrons. The van der Waals surface area contributed by atoms with Crippen LogP contribution in [0.3, 0.4) is 0 Å². The molecule has 6 heteroatoms. The minimum atomic E-state index is -0.237. The quantitative estimate of drug-likeness (QED) is 0.664. The highest BCUT2D eigenvalue weighted by Crippen LogP contribution is 2.10. The Labute approximate surface area is 162 Å². The number of halogens is 1. The van der Waals surface area contributed by atoms with Crippen molar-refractivity contribution in [2.24, 2.45) is 0 Å². The van der Waals surface area contributed by atoms with Gasteiger partial charge in [0.15, 0.2) is 0 Å². The van der Waals surface area contributed by atoms with Gasteiger partial charge in [-0.15, -0.1) is 0 Å². The summed E-state index contributed by atoms with van der Waals surface area (Å²) in [4.78, 5) is 30.7. The van der Waals surface area contributed by atoms with Crippen LogP contribution in [0.5, 0.6) is 0 Å². The first-order valence-electron chi connectivity index (χ1n) is 10.1. The molecule has 2 amide bonds. The predicted molar refractivity (Wildman–Crippen MR) is 105 cm³/mol. The lowest BCUT2D eigenvalue weighted by Gasteiger charge is -2.35. The summed E-state index contributed by atoms with van der Waals surface area (Å²) >= 11 is 0. The summed E-state index contributed by atoms with van der Waals surface area (Å²) in [5, 5.41) is 0. The summed E-state index contributed by atoms with van der Waals surface area (Å²) in [6.07, 6.45) is 2.57. The van der Waals surface area contributed by atoms with Gasteiger partial charge in [0.05, 0.1) is 0 Å². The van der Waals surface area contributed by atoms with Crippen LogP contribution in [0.2, 0.25) is 0 Å². The van der Waals surface area contributed by atoms with Gasteiger partial charge in [-0.05, 0) is 43.6 Å². The number of amides is 2. The zero-order valence-electron chi connectivity index (χ0n) is 16.6. The Morgan fingerprint density at radius 3 is 1.96 bits per heavy atom. The molecule has 0 atom stereocenters. The van der Waals surface area contributed by atoms with Crippen molar-refractivity contribution < 1.29 is 14.0 Å². The van der Waals surface area contributed by atoms with E-state index in [1.165, 1.54) is 12.1 Å². The number of carbonyl (C=O) groups excluding carboxylic acids is 2. The minimum Gasteiger partial charge on any atom is -0.339 e. The summed E-state index contributed by atoms with van der Waals surface area (Å²) in [7, 11) is 0. The molecule has 1 heterocycles. The lowest BCUT2D eigenvalue weighted by Crippen LogP contribution is -2.51. The first-order chi connectivity index (χ1) is 13.0. The summed E-state index contributed by atoms with van der Waals surface area (Å²) < 4.78 is 12.9. The molecule has 0 unspecified atom stereocenters. The van der Waals surface area contributed by atoms with E-state index in [2.05, 4.69) is 18.7 Å². The predicted octanol–water partition coefficient (Wildman–Crippen LogP) is 2.55. The van der Waals surface area contributed by atoms with E-state index in [-0.39, 0.29) is 17.6 Å². The van der Waals surface area contributed by atoms with Crippen LogP contribution in [0.4, 0.5) is 4.39 Å². The zero-order chi connectivity index (χ0) is 19.6. The third kappa shape index (κ3) is 6.94. The number of hydrogen-bond acceptors (Lipinski definition) is 3. The van der Waals surface area contributed by atoms with Crippen LogP contribution >= 0.6 is 0 Å². The molecule has 150 valence electrons. The zero-order valence-corrected chi connectivity index (χ0v) is 16.6. The van der Waals surface area contributed by atoms with E-state index in [1.807, 2.05) is 9.80 Å². The van der Waals surface area contributed by atoms with Gasteiger partial charge < -0.3 is 14.7 Å². The Morgan fingerprint density at radius 2 is 1.44 bits per heavy atom. The van der Waals surface area contributed by atoms with Gasteiger partial charge in [-0.1, -0.05) is 26.0 Å². The second-order valence-corrected chi connectivity index (χ2v) is 7.02. The van der Waals surface area contributed by atoms with E-state index in [9.17, 15) is 14.0 Å². The molecule has 27 heavy (non-hydrogen) atoms. The minimum absolute atomic E-state index is 0.146. The fourth-order valence-corrected chi connectivity index (χ4v) is 3.41. The average Bonchev–Trinajstić information content (AvgIpc) is 2.70. The van der Waals surface area contributed by atoms with Gasteiger partial charge in [0.1, 0.15) is 5.82 Å². The second-order valence-electron chi connectivity index (χ2n) is 7.02. The first kappa shape index (κ1) is 21.4. The number of nitrogens with zero attached hydrogens (tertiary/aromatic N) is 3. The highest BCUT2D eigenvalue weighted by atomic mass is 19.1. The lowest BCUT2D eigenvalue weighted by atomic mass is 10.1. The molecular weight excluding hydrogens is 345 g/mol. The van der Waals surface area contributed by atoms with E-state index in [0.717, 1.165) is 38.0 Å². The van der Waals surface area contributed by atoms with Crippen LogP contribution in [0.15, 0.2) is 24.3 Å². The molecule has 0 bridgehead atoms. The Bertz CT molecular complexity index is 594. The smallest absolute Gasteiger partial charge is 0.223 e. The van der Waals surface area contributed by atoms with Gasteiger partial charge in [-0.25, -0.2) is 4.39 Å². The molecule has 0 spiro atoms. The molecular formula is C21H32FN3O2. The maximum Gasteiger partial charge on any atom is 0.223 e. The van der Waals surface area contributed by atoms with Gasteiger partial charge in [-0.3, -0.25) is 9.59 Å². The van der Waals surface area contributed by atoms with Crippen LogP contribution in [-0.4, -0.2) is 72.3 Å². The van der Waals surface area contributed by atoms with Crippen molar-refractivity contribution in [3.8, 4) is 0 Å². The third-order valence-corrected chi connectivity index (χ3v) is 5.29. The van der Waals surface area contributed by atoms with Gasteiger partial charge in [0, 0.05) is 45.6 Å². The number of rotatable bonds is 9. The maximum absolute atomic E-state index is 12.9. The van der Waals surface area contributed by atoms with Crippen molar-refractivity contribution in [3.05, 3.63) is 35.6 Å². The van der Waals surface area contributed by atoms with Crippen LogP contribution in [0.1, 0.15) is 38.7 Å². The van der Waals surface area contributed by atoms with Crippen LogP contribution in [-0.2, 0) is 16.0 Å². The largest absolute Gasteiger partial charge is 0.339 e. The van der Waals surface area contributed by atoms with Crippen molar-refractivity contribution in [1.29, 1.82) is 0 Å². The molecule has 1 aliphatic heterocycles. The molecule has 1 aromatic carbocycles. The molecule has 0 N–H and O–H groups in total. The standard InChI is InChI=1S/C21H32FN3O2/c1-3-23(4-2)13-12-21(27)25-16-14-24(15-17-25)20(26)7-5-6-18-8-10-19(22)11-9-18/h8-11H,3-7,12-17H2,1-2H3. The Morgan fingerprint density at radius 1 is 0.926 bits per heavy atom. The lowest BCUT2D eigenvalue weighted by molar-refractivity contribution is -0.139. The molecule has 0 aliphatic carbocycles. The van der Waals surface area contributed by atoms with Crippen molar-refractivity contribution in [2.75, 3.05) is 45.8 Å². The Balaban J connectivity index is 1.66. The number of carbonyl (C=O) groups is 2. The van der Waals surface area contributed by atoms with Crippen LogP contribution < -0.4 is 0 Å². The summed E-state index contributed by atoms with van der Waals surface area (Å²) in [5.74, 6) is 0.0944. The van der Waals surface area contributed by atoms with Gasteiger partial charge >= 0.3 is 0 Å². The van der Waals surface area contributed by atoms with Gasteiger partial charge in [0.25, 0.3) is 0 Å². The number of aryl methyl sites for hydroxylation is 1. The summed E-state index contributed by atoms with van der Waals surface area (Å²) in [6.45, 7) is 9.42. The highest BCUT2D eigenvalue weighted by molar-refractivity contribution is 5.78. The second kappa shape index (κ2) is 11.0. The maximum atomic E-state index is 12.9. The molecule has 2 rings (SSSR count). The number of benzene rings is 1. The van der Waals surface area contributed by atoms with Gasteiger partial charge in [-0.2, -0.15) is 0 Å². The number of piperazine rings is 1. The molecule has 1 aliphatic rings. The van der Waals surface area contributed by atoms with E-state index >= 15 is 0 Å². The summed E-state index contributed by atoms with van der Waals surface area (Å²) in [5.41, 5.74) is 1.05. The molecule has 1 fully saturated rings. The normalized spacial score (nSPS) is 14.7. The van der Waals surface area contributed by atoms with E-state index in [4.69, 9.17) is 0 Å². The van der Waals surface area contributed by atoms with Crippen molar-refractivity contribution in [3.63, 3.8) is 0 Å². The fourth-order valence-electron chi connectivity index (χ4n) is 3.41. The van der Waals surface area contributed by atoms with Crippen molar-refractivity contribution in [1.82, 2.24) is 14.7 Å².